The molecule has 0 spiro atoms. The number of furan rings is 1. The molecule has 0 bridgehead atoms. The maximum Gasteiger partial charge on any atom is 0.162 e. The lowest BCUT2D eigenvalue weighted by molar-refractivity contribution is 0.581. The Morgan fingerprint density at radius 3 is 3.00 bits per heavy atom. The lowest BCUT2D eigenvalue weighted by Crippen LogP contribution is -1.90. The van der Waals surface area contributed by atoms with Crippen molar-refractivity contribution in [3.63, 3.8) is 0 Å². The fourth-order valence-corrected chi connectivity index (χ4v) is 3.57. The van der Waals surface area contributed by atoms with Gasteiger partial charge in [0.25, 0.3) is 0 Å². The lowest BCUT2D eigenvalue weighted by Gasteiger charge is -2.04. The van der Waals surface area contributed by atoms with Crippen LogP contribution >= 0.6 is 23.1 Å². The van der Waals surface area contributed by atoms with Gasteiger partial charge in [-0.05, 0) is 36.8 Å². The van der Waals surface area contributed by atoms with E-state index in [1.54, 1.807) is 29.4 Å². The average Bonchev–Trinajstić information content (AvgIpc) is 3.08. The summed E-state index contributed by atoms with van der Waals surface area (Å²) < 4.78 is 5.35. The van der Waals surface area contributed by atoms with E-state index in [-0.39, 0.29) is 0 Å². The van der Waals surface area contributed by atoms with E-state index < -0.39 is 0 Å². The van der Waals surface area contributed by atoms with Crippen molar-refractivity contribution < 1.29 is 4.42 Å². The molecule has 0 saturated carbocycles. The molecule has 0 amide bonds. The third-order valence-corrected chi connectivity index (χ3v) is 4.85. The van der Waals surface area contributed by atoms with E-state index in [1.165, 1.54) is 5.56 Å². The van der Waals surface area contributed by atoms with Crippen LogP contribution in [0.15, 0.2) is 51.3 Å². The molecule has 0 aliphatic rings. The Morgan fingerprint density at radius 2 is 2.25 bits per heavy atom. The SMILES string of the molecule is Cc1ccc(SCc2csc(-c3ccco3)n2)c(N)c1. The molecule has 0 fully saturated rings. The first-order valence-corrected chi connectivity index (χ1v) is 8.06. The van der Waals surface area contributed by atoms with Gasteiger partial charge in [0, 0.05) is 21.7 Å². The highest BCUT2D eigenvalue weighted by Gasteiger charge is 2.08. The number of aryl methyl sites for hydroxylation is 1. The summed E-state index contributed by atoms with van der Waals surface area (Å²) in [6.45, 7) is 2.04. The summed E-state index contributed by atoms with van der Waals surface area (Å²) in [5, 5.41) is 2.98. The molecule has 0 aliphatic heterocycles. The number of aromatic nitrogens is 1. The van der Waals surface area contributed by atoms with Crippen LogP contribution < -0.4 is 5.73 Å². The van der Waals surface area contributed by atoms with E-state index in [0.717, 1.165) is 32.8 Å². The van der Waals surface area contributed by atoms with Crippen LogP contribution in [-0.2, 0) is 5.75 Å². The molecule has 0 radical (unpaired) electrons. The summed E-state index contributed by atoms with van der Waals surface area (Å²) in [5.74, 6) is 1.63. The molecule has 3 aromatic rings. The van der Waals surface area contributed by atoms with Gasteiger partial charge in [-0.1, -0.05) is 6.07 Å². The Hall–Kier alpha value is -1.72. The van der Waals surface area contributed by atoms with E-state index in [0.29, 0.717) is 0 Å². The summed E-state index contributed by atoms with van der Waals surface area (Å²) in [7, 11) is 0. The second kappa shape index (κ2) is 5.73. The number of nitrogens with zero attached hydrogens (tertiary/aromatic N) is 1. The first-order chi connectivity index (χ1) is 9.72. The Kier molecular flexibility index (Phi) is 3.80. The molecule has 5 heteroatoms. The van der Waals surface area contributed by atoms with Crippen LogP contribution in [0.5, 0.6) is 0 Å². The highest BCUT2D eigenvalue weighted by Crippen LogP contribution is 2.31. The molecule has 2 N–H and O–H groups in total. The molecule has 2 aromatic heterocycles. The second-order valence-corrected chi connectivity index (χ2v) is 6.33. The number of nitrogen functional groups attached to an aromatic ring is 1. The molecule has 1 aromatic carbocycles. The standard InChI is InChI=1S/C15H14N2OS2/c1-10-4-5-14(12(16)7-10)19-8-11-9-20-15(17-11)13-3-2-6-18-13/h2-7,9H,8,16H2,1H3. The maximum atomic E-state index is 6.01. The Morgan fingerprint density at radius 1 is 1.35 bits per heavy atom. The molecule has 0 unspecified atom stereocenters. The van der Waals surface area contributed by atoms with Crippen molar-refractivity contribution in [1.29, 1.82) is 0 Å². The zero-order chi connectivity index (χ0) is 13.9. The number of hydrogen-bond donors (Lipinski definition) is 1. The highest BCUT2D eigenvalue weighted by molar-refractivity contribution is 7.98. The van der Waals surface area contributed by atoms with Gasteiger partial charge in [-0.25, -0.2) is 4.98 Å². The Balaban J connectivity index is 1.70. The van der Waals surface area contributed by atoms with Crippen LogP contribution in [-0.4, -0.2) is 4.98 Å². The van der Waals surface area contributed by atoms with E-state index in [1.807, 2.05) is 25.1 Å². The highest BCUT2D eigenvalue weighted by atomic mass is 32.2. The molecule has 0 aliphatic carbocycles. The minimum atomic E-state index is 0.810. The summed E-state index contributed by atoms with van der Waals surface area (Å²) >= 11 is 3.31. The summed E-state index contributed by atoms with van der Waals surface area (Å²) in [4.78, 5) is 5.68. The van der Waals surface area contributed by atoms with Crippen molar-refractivity contribution in [2.24, 2.45) is 0 Å². The summed E-state index contributed by atoms with van der Waals surface area (Å²) in [5.41, 5.74) is 9.07. The fraction of sp³-hybridized carbons (Fsp3) is 0.133. The van der Waals surface area contributed by atoms with Crippen molar-refractivity contribution >= 4 is 28.8 Å². The number of thioether (sulfide) groups is 1. The van der Waals surface area contributed by atoms with Gasteiger partial charge in [0.05, 0.1) is 12.0 Å². The molecule has 0 saturated heterocycles. The van der Waals surface area contributed by atoms with Crippen LogP contribution in [0.25, 0.3) is 10.8 Å². The first kappa shape index (κ1) is 13.3. The minimum Gasteiger partial charge on any atom is -0.462 e. The van der Waals surface area contributed by atoms with Crippen LogP contribution in [0.1, 0.15) is 11.3 Å². The average molecular weight is 302 g/mol. The molecule has 0 atom stereocenters. The number of anilines is 1. The molecular formula is C15H14N2OS2. The van der Waals surface area contributed by atoms with Gasteiger partial charge in [0.2, 0.25) is 0 Å². The molecule has 20 heavy (non-hydrogen) atoms. The molecule has 3 nitrogen and oxygen atoms in total. The van der Waals surface area contributed by atoms with Gasteiger partial charge in [-0.3, -0.25) is 0 Å². The fourth-order valence-electron chi connectivity index (χ4n) is 1.84. The van der Waals surface area contributed by atoms with Gasteiger partial charge in [0.15, 0.2) is 10.8 Å². The van der Waals surface area contributed by atoms with Gasteiger partial charge in [-0.2, -0.15) is 0 Å². The largest absolute Gasteiger partial charge is 0.462 e. The molecule has 3 rings (SSSR count). The molecule has 102 valence electrons. The van der Waals surface area contributed by atoms with Gasteiger partial charge in [-0.15, -0.1) is 23.1 Å². The number of hydrogen-bond acceptors (Lipinski definition) is 5. The predicted octanol–water partition coefficient (Wildman–Crippen LogP) is 4.59. The zero-order valence-electron chi connectivity index (χ0n) is 11.0. The minimum absolute atomic E-state index is 0.810. The van der Waals surface area contributed by atoms with Crippen molar-refractivity contribution in [3.8, 4) is 10.8 Å². The predicted molar refractivity (Wildman–Crippen MR) is 85.0 cm³/mol. The van der Waals surface area contributed by atoms with E-state index in [9.17, 15) is 0 Å². The third-order valence-electron chi connectivity index (χ3n) is 2.82. The van der Waals surface area contributed by atoms with E-state index in [4.69, 9.17) is 10.2 Å². The number of thiazole rings is 1. The van der Waals surface area contributed by atoms with Crippen molar-refractivity contribution in [3.05, 3.63) is 53.2 Å². The molecular weight excluding hydrogens is 288 g/mol. The van der Waals surface area contributed by atoms with E-state index >= 15 is 0 Å². The number of nitrogens with two attached hydrogens (primary N) is 1. The van der Waals surface area contributed by atoms with Gasteiger partial charge < -0.3 is 10.2 Å². The van der Waals surface area contributed by atoms with Crippen LogP contribution in [0, 0.1) is 6.92 Å². The first-order valence-electron chi connectivity index (χ1n) is 6.19. The van der Waals surface area contributed by atoms with E-state index in [2.05, 4.69) is 22.5 Å². The third kappa shape index (κ3) is 2.89. The normalized spacial score (nSPS) is 10.8. The topological polar surface area (TPSA) is 52.0 Å². The quantitative estimate of drug-likeness (QED) is 0.566. The Bertz CT molecular complexity index is 704. The number of benzene rings is 1. The van der Waals surface area contributed by atoms with Crippen LogP contribution in [0.2, 0.25) is 0 Å². The summed E-state index contributed by atoms with van der Waals surface area (Å²) in [6.07, 6.45) is 1.66. The van der Waals surface area contributed by atoms with Crippen molar-refractivity contribution in [2.45, 2.75) is 17.6 Å². The zero-order valence-corrected chi connectivity index (χ0v) is 12.6. The monoisotopic (exact) mass is 302 g/mol. The second-order valence-electron chi connectivity index (χ2n) is 4.45. The van der Waals surface area contributed by atoms with Crippen molar-refractivity contribution in [1.82, 2.24) is 4.98 Å². The Labute approximate surface area is 125 Å². The number of rotatable bonds is 4. The van der Waals surface area contributed by atoms with Gasteiger partial charge >= 0.3 is 0 Å². The maximum absolute atomic E-state index is 6.01. The van der Waals surface area contributed by atoms with Crippen molar-refractivity contribution in [2.75, 3.05) is 5.73 Å². The lowest BCUT2D eigenvalue weighted by atomic mass is 10.2. The van der Waals surface area contributed by atoms with Crippen LogP contribution in [0.3, 0.4) is 0 Å². The van der Waals surface area contributed by atoms with Crippen LogP contribution in [0.4, 0.5) is 5.69 Å². The van der Waals surface area contributed by atoms with Gasteiger partial charge in [0.1, 0.15) is 0 Å². The molecule has 2 heterocycles. The smallest absolute Gasteiger partial charge is 0.162 e. The summed E-state index contributed by atoms with van der Waals surface area (Å²) in [6, 6.07) is 9.94.